The monoisotopic (exact) mass is 318 g/mol. The molecule has 0 spiro atoms. The van der Waals surface area contributed by atoms with E-state index >= 15 is 0 Å². The molecule has 0 aromatic rings. The average molecular weight is 319 g/mol. The number of amidine groups is 1. The number of carbonyl (C=O) groups excluding carboxylic acids is 1. The van der Waals surface area contributed by atoms with Gasteiger partial charge in [0.2, 0.25) is 5.91 Å². The molecule has 1 N–H and O–H groups in total. The molecule has 3 rings (SSSR count). The molecule has 114 valence electrons. The van der Waals surface area contributed by atoms with Gasteiger partial charge in [-0.05, 0) is 12.8 Å². The molecule has 2 unspecified atom stereocenters. The molecule has 1 saturated heterocycles. The van der Waals surface area contributed by atoms with Crippen LogP contribution in [0.3, 0.4) is 0 Å². The SMILES string of the molecule is O=C(CSC1=NC2CCCCC2N1)N1CCOCC1.[Cl-]. The summed E-state index contributed by atoms with van der Waals surface area (Å²) in [6, 6.07) is 0.976. The van der Waals surface area contributed by atoms with Crippen molar-refractivity contribution in [2.24, 2.45) is 4.99 Å². The molecule has 1 aliphatic carbocycles. The molecule has 2 heterocycles. The lowest BCUT2D eigenvalue weighted by Crippen LogP contribution is -3.00. The summed E-state index contributed by atoms with van der Waals surface area (Å²) in [5, 5.41) is 4.44. The highest BCUT2D eigenvalue weighted by atomic mass is 35.5. The van der Waals surface area contributed by atoms with Gasteiger partial charge >= 0.3 is 0 Å². The molecular weight excluding hydrogens is 298 g/mol. The Morgan fingerprint density at radius 3 is 2.85 bits per heavy atom. The molecule has 1 saturated carbocycles. The van der Waals surface area contributed by atoms with Crippen LogP contribution in [0.2, 0.25) is 0 Å². The van der Waals surface area contributed by atoms with E-state index in [1.165, 1.54) is 25.7 Å². The molecule has 1 amide bonds. The number of amides is 1. The van der Waals surface area contributed by atoms with Crippen molar-refractivity contribution < 1.29 is 21.9 Å². The smallest absolute Gasteiger partial charge is 0.233 e. The van der Waals surface area contributed by atoms with Gasteiger partial charge in [-0.25, -0.2) is 0 Å². The minimum Gasteiger partial charge on any atom is -1.00 e. The second kappa shape index (κ2) is 7.52. The quantitative estimate of drug-likeness (QED) is 0.631. The van der Waals surface area contributed by atoms with E-state index in [9.17, 15) is 4.79 Å². The molecule has 2 aliphatic heterocycles. The standard InChI is InChI=1S/C13H21N3O2S.ClH/c17-12(16-5-7-18-8-6-16)9-19-13-14-10-3-1-2-4-11(10)15-13;/h10-11H,1-9H2,(H,14,15);1H/p-1. The maximum atomic E-state index is 12.0. The predicted molar refractivity (Wildman–Crippen MR) is 76.5 cm³/mol. The molecule has 0 bridgehead atoms. The number of morpholine rings is 1. The summed E-state index contributed by atoms with van der Waals surface area (Å²) in [5.74, 6) is 0.693. The third-order valence-corrected chi connectivity index (χ3v) is 4.91. The third-order valence-electron chi connectivity index (χ3n) is 4.02. The highest BCUT2D eigenvalue weighted by molar-refractivity contribution is 8.14. The van der Waals surface area contributed by atoms with Crippen LogP contribution < -0.4 is 17.7 Å². The van der Waals surface area contributed by atoms with Crippen LogP contribution in [0.15, 0.2) is 4.99 Å². The Labute approximate surface area is 130 Å². The number of rotatable bonds is 2. The Morgan fingerprint density at radius 1 is 1.35 bits per heavy atom. The fraction of sp³-hybridized carbons (Fsp3) is 0.846. The van der Waals surface area contributed by atoms with E-state index in [0.717, 1.165) is 18.3 Å². The van der Waals surface area contributed by atoms with Crippen LogP contribution in [0, 0.1) is 0 Å². The molecule has 7 heteroatoms. The Morgan fingerprint density at radius 2 is 2.10 bits per heavy atom. The van der Waals surface area contributed by atoms with Crippen molar-refractivity contribution in [3.8, 4) is 0 Å². The van der Waals surface area contributed by atoms with Crippen molar-refractivity contribution in [1.82, 2.24) is 10.2 Å². The van der Waals surface area contributed by atoms with Gasteiger partial charge in [0.05, 0.1) is 31.1 Å². The predicted octanol–water partition coefficient (Wildman–Crippen LogP) is -2.15. The fourth-order valence-corrected chi connectivity index (χ4v) is 3.78. The molecule has 0 radical (unpaired) electrons. The van der Waals surface area contributed by atoms with Crippen LogP contribution in [0.1, 0.15) is 25.7 Å². The third kappa shape index (κ3) is 3.80. The number of hydrogen-bond donors (Lipinski definition) is 1. The zero-order valence-electron chi connectivity index (χ0n) is 11.5. The van der Waals surface area contributed by atoms with Crippen molar-refractivity contribution in [3.63, 3.8) is 0 Å². The van der Waals surface area contributed by atoms with Crippen LogP contribution in [0.4, 0.5) is 0 Å². The van der Waals surface area contributed by atoms with Gasteiger partial charge in [0.15, 0.2) is 5.17 Å². The first-order valence-corrected chi connectivity index (χ1v) is 8.14. The molecule has 3 aliphatic rings. The lowest BCUT2D eigenvalue weighted by Gasteiger charge is -2.26. The van der Waals surface area contributed by atoms with E-state index in [0.29, 0.717) is 31.1 Å². The van der Waals surface area contributed by atoms with E-state index in [2.05, 4.69) is 5.32 Å². The molecule has 2 atom stereocenters. The van der Waals surface area contributed by atoms with Crippen molar-refractivity contribution in [1.29, 1.82) is 0 Å². The Bertz CT molecular complexity index is 375. The summed E-state index contributed by atoms with van der Waals surface area (Å²) < 4.78 is 5.26. The van der Waals surface area contributed by atoms with Gasteiger partial charge in [0, 0.05) is 13.1 Å². The average Bonchev–Trinajstić information content (AvgIpc) is 2.88. The van der Waals surface area contributed by atoms with Gasteiger partial charge in [-0.15, -0.1) is 0 Å². The van der Waals surface area contributed by atoms with Crippen LogP contribution in [0.5, 0.6) is 0 Å². The van der Waals surface area contributed by atoms with Crippen LogP contribution in [-0.2, 0) is 9.53 Å². The largest absolute Gasteiger partial charge is 1.00 e. The normalized spacial score (nSPS) is 29.0. The highest BCUT2D eigenvalue weighted by Crippen LogP contribution is 2.27. The number of nitrogens with zero attached hydrogens (tertiary/aromatic N) is 2. The first-order chi connectivity index (χ1) is 9.33. The number of ether oxygens (including phenoxy) is 1. The summed E-state index contributed by atoms with van der Waals surface area (Å²) in [5.41, 5.74) is 0. The summed E-state index contributed by atoms with van der Waals surface area (Å²) in [6.45, 7) is 2.79. The van der Waals surface area contributed by atoms with Crippen molar-refractivity contribution >= 4 is 22.8 Å². The van der Waals surface area contributed by atoms with Gasteiger partial charge in [-0.2, -0.15) is 0 Å². The minimum absolute atomic E-state index is 0. The van der Waals surface area contributed by atoms with E-state index in [-0.39, 0.29) is 18.3 Å². The molecule has 20 heavy (non-hydrogen) atoms. The molecular formula is C13H21ClN3O2S-. The fourth-order valence-electron chi connectivity index (χ4n) is 2.89. The highest BCUT2D eigenvalue weighted by Gasteiger charge is 2.31. The zero-order valence-corrected chi connectivity index (χ0v) is 13.1. The summed E-state index contributed by atoms with van der Waals surface area (Å²) in [6.07, 6.45) is 5.00. The number of thioether (sulfide) groups is 1. The van der Waals surface area contributed by atoms with Gasteiger partial charge in [0.1, 0.15) is 0 Å². The van der Waals surface area contributed by atoms with Crippen LogP contribution in [0.25, 0.3) is 0 Å². The maximum absolute atomic E-state index is 12.0. The van der Waals surface area contributed by atoms with Gasteiger partial charge < -0.3 is 27.4 Å². The van der Waals surface area contributed by atoms with Crippen LogP contribution >= 0.6 is 11.8 Å². The van der Waals surface area contributed by atoms with Crippen molar-refractivity contribution in [3.05, 3.63) is 0 Å². The maximum Gasteiger partial charge on any atom is 0.233 e. The number of halogens is 1. The lowest BCUT2D eigenvalue weighted by atomic mass is 9.92. The second-order valence-corrected chi connectivity index (χ2v) is 6.28. The first-order valence-electron chi connectivity index (χ1n) is 7.15. The topological polar surface area (TPSA) is 53.9 Å². The number of aliphatic imine (C=N–C) groups is 1. The van der Waals surface area contributed by atoms with E-state index in [1.54, 1.807) is 11.8 Å². The summed E-state index contributed by atoms with van der Waals surface area (Å²) in [4.78, 5) is 18.6. The summed E-state index contributed by atoms with van der Waals surface area (Å²) in [7, 11) is 0. The lowest BCUT2D eigenvalue weighted by molar-refractivity contribution is -0.132. The van der Waals surface area contributed by atoms with E-state index < -0.39 is 0 Å². The Hall–Kier alpha value is -0.460. The summed E-state index contributed by atoms with van der Waals surface area (Å²) >= 11 is 1.56. The van der Waals surface area contributed by atoms with E-state index in [4.69, 9.17) is 9.73 Å². The number of fused-ring (bicyclic) bond motifs is 1. The minimum atomic E-state index is 0. The first kappa shape index (κ1) is 15.9. The van der Waals surface area contributed by atoms with Crippen LogP contribution in [-0.4, -0.2) is 60.1 Å². The Kier molecular flexibility index (Phi) is 5.99. The van der Waals surface area contributed by atoms with Gasteiger partial charge in [-0.1, -0.05) is 24.6 Å². The number of hydrogen-bond acceptors (Lipinski definition) is 5. The van der Waals surface area contributed by atoms with Crippen molar-refractivity contribution in [2.45, 2.75) is 37.8 Å². The van der Waals surface area contributed by atoms with Gasteiger partial charge in [0.25, 0.3) is 0 Å². The molecule has 2 fully saturated rings. The molecule has 5 nitrogen and oxygen atoms in total. The van der Waals surface area contributed by atoms with E-state index in [1.807, 2.05) is 4.90 Å². The molecule has 0 aromatic carbocycles. The second-order valence-electron chi connectivity index (χ2n) is 5.32. The number of nitrogens with one attached hydrogen (secondary N) is 1. The zero-order chi connectivity index (χ0) is 13.1. The Balaban J connectivity index is 0.00000147. The van der Waals surface area contributed by atoms with Crippen molar-refractivity contribution in [2.75, 3.05) is 32.1 Å². The molecule has 0 aromatic heterocycles. The number of carbonyl (C=O) groups is 1. The van der Waals surface area contributed by atoms with Gasteiger partial charge in [-0.3, -0.25) is 9.79 Å².